The van der Waals surface area contributed by atoms with Crippen molar-refractivity contribution in [1.82, 2.24) is 4.90 Å². The molecule has 0 N–H and O–H groups in total. The summed E-state index contributed by atoms with van der Waals surface area (Å²) in [5.41, 5.74) is 2.79. The first-order chi connectivity index (χ1) is 6.36. The average Bonchev–Trinajstić information content (AvgIpc) is 2.19. The summed E-state index contributed by atoms with van der Waals surface area (Å²) in [5.74, 6) is 0. The molecule has 0 amide bonds. The standard InChI is InChI=1S/C12H14N/c1-13-9-5-8-12(10-13)11-6-3-2-4-7-11/h2-4,6-7,9-10H,5,8H2,1H3. The molecule has 1 aromatic rings. The molecule has 67 valence electrons. The second-order valence-corrected chi connectivity index (χ2v) is 3.41. The number of allylic oxidation sites excluding steroid dienone is 1. The third kappa shape index (κ3) is 1.92. The molecule has 1 radical (unpaired) electrons. The molecule has 1 aromatic carbocycles. The van der Waals surface area contributed by atoms with E-state index in [1.807, 2.05) is 0 Å². The van der Waals surface area contributed by atoms with E-state index in [1.165, 1.54) is 11.1 Å². The number of hydrogen-bond donors (Lipinski definition) is 0. The molecule has 1 heteroatoms. The Morgan fingerprint density at radius 3 is 2.62 bits per heavy atom. The Kier molecular flexibility index (Phi) is 2.35. The molecule has 1 aliphatic heterocycles. The molecule has 0 bridgehead atoms. The van der Waals surface area contributed by atoms with Crippen molar-refractivity contribution in [3.05, 3.63) is 48.6 Å². The summed E-state index contributed by atoms with van der Waals surface area (Å²) >= 11 is 0. The Morgan fingerprint density at radius 1 is 1.15 bits per heavy atom. The van der Waals surface area contributed by atoms with Crippen LogP contribution in [0.3, 0.4) is 0 Å². The van der Waals surface area contributed by atoms with E-state index < -0.39 is 0 Å². The van der Waals surface area contributed by atoms with Gasteiger partial charge in [0.25, 0.3) is 0 Å². The largest absolute Gasteiger partial charge is 0.375 e. The van der Waals surface area contributed by atoms with Crippen molar-refractivity contribution >= 4 is 5.57 Å². The lowest BCUT2D eigenvalue weighted by Crippen LogP contribution is -2.12. The predicted molar refractivity (Wildman–Crippen MR) is 55.7 cm³/mol. The van der Waals surface area contributed by atoms with E-state index in [1.54, 1.807) is 0 Å². The zero-order valence-electron chi connectivity index (χ0n) is 7.90. The lowest BCUT2D eigenvalue weighted by atomic mass is 10.00. The maximum absolute atomic E-state index is 2.21. The molecular weight excluding hydrogens is 158 g/mol. The Balaban J connectivity index is 2.26. The molecule has 2 rings (SSSR count). The Bertz CT molecular complexity index is 300. The van der Waals surface area contributed by atoms with Crippen molar-refractivity contribution < 1.29 is 0 Å². The Labute approximate surface area is 79.7 Å². The fraction of sp³-hybridized carbons (Fsp3) is 0.250. The van der Waals surface area contributed by atoms with Gasteiger partial charge in [-0.1, -0.05) is 30.3 Å². The van der Waals surface area contributed by atoms with Crippen LogP contribution in [0.25, 0.3) is 5.57 Å². The van der Waals surface area contributed by atoms with Gasteiger partial charge < -0.3 is 4.90 Å². The van der Waals surface area contributed by atoms with Gasteiger partial charge in [-0.05, 0) is 24.0 Å². The zero-order chi connectivity index (χ0) is 9.10. The van der Waals surface area contributed by atoms with Crippen molar-refractivity contribution in [2.75, 3.05) is 7.05 Å². The monoisotopic (exact) mass is 172 g/mol. The van der Waals surface area contributed by atoms with E-state index in [2.05, 4.69) is 55.0 Å². The van der Waals surface area contributed by atoms with Gasteiger partial charge in [0.1, 0.15) is 0 Å². The maximum atomic E-state index is 2.21. The number of hydrogen-bond acceptors (Lipinski definition) is 1. The topological polar surface area (TPSA) is 3.24 Å². The van der Waals surface area contributed by atoms with Crippen molar-refractivity contribution in [1.29, 1.82) is 0 Å². The van der Waals surface area contributed by atoms with Crippen LogP contribution < -0.4 is 0 Å². The maximum Gasteiger partial charge on any atom is 0.0487 e. The van der Waals surface area contributed by atoms with Gasteiger partial charge in [-0.15, -0.1) is 0 Å². The minimum atomic E-state index is 1.15. The predicted octanol–water partition coefficient (Wildman–Crippen LogP) is 2.91. The second kappa shape index (κ2) is 3.65. The van der Waals surface area contributed by atoms with Crippen molar-refractivity contribution in [3.8, 4) is 0 Å². The van der Waals surface area contributed by atoms with Gasteiger partial charge in [0.05, 0.1) is 0 Å². The summed E-state index contributed by atoms with van der Waals surface area (Å²) in [7, 11) is 2.09. The highest BCUT2D eigenvalue weighted by Crippen LogP contribution is 2.25. The van der Waals surface area contributed by atoms with Gasteiger partial charge in [0.15, 0.2) is 0 Å². The van der Waals surface area contributed by atoms with Gasteiger partial charge in [-0.3, -0.25) is 0 Å². The molecule has 1 heterocycles. The lowest BCUT2D eigenvalue weighted by Gasteiger charge is -2.22. The molecule has 1 nitrogen and oxygen atoms in total. The van der Waals surface area contributed by atoms with Gasteiger partial charge in [-0.2, -0.15) is 0 Å². The average molecular weight is 172 g/mol. The zero-order valence-corrected chi connectivity index (χ0v) is 7.90. The van der Waals surface area contributed by atoms with Crippen LogP contribution in [0.1, 0.15) is 18.4 Å². The van der Waals surface area contributed by atoms with E-state index >= 15 is 0 Å². The van der Waals surface area contributed by atoms with E-state index in [-0.39, 0.29) is 0 Å². The molecule has 0 atom stereocenters. The molecule has 0 fully saturated rings. The first-order valence-electron chi connectivity index (χ1n) is 4.67. The van der Waals surface area contributed by atoms with Crippen molar-refractivity contribution in [2.45, 2.75) is 12.8 Å². The number of nitrogens with zero attached hydrogens (tertiary/aromatic N) is 1. The van der Waals surface area contributed by atoms with Crippen LogP contribution >= 0.6 is 0 Å². The van der Waals surface area contributed by atoms with Gasteiger partial charge >= 0.3 is 0 Å². The summed E-state index contributed by atoms with van der Waals surface area (Å²) in [5, 5.41) is 0. The number of rotatable bonds is 1. The summed E-state index contributed by atoms with van der Waals surface area (Å²) in [6.45, 7) is 2.21. The van der Waals surface area contributed by atoms with Crippen LogP contribution in [-0.2, 0) is 0 Å². The molecule has 0 saturated heterocycles. The van der Waals surface area contributed by atoms with E-state index in [4.69, 9.17) is 0 Å². The van der Waals surface area contributed by atoms with Crippen molar-refractivity contribution in [2.24, 2.45) is 0 Å². The highest BCUT2D eigenvalue weighted by molar-refractivity contribution is 5.65. The molecule has 0 spiro atoms. The molecule has 0 aromatic heterocycles. The van der Waals surface area contributed by atoms with Gasteiger partial charge in [0, 0.05) is 19.8 Å². The molecular formula is C12H14N. The first kappa shape index (κ1) is 8.36. The van der Waals surface area contributed by atoms with Gasteiger partial charge in [-0.25, -0.2) is 0 Å². The molecule has 0 unspecified atom stereocenters. The minimum Gasteiger partial charge on any atom is -0.375 e. The molecule has 0 aliphatic carbocycles. The summed E-state index contributed by atoms with van der Waals surface area (Å²) < 4.78 is 0. The molecule has 13 heavy (non-hydrogen) atoms. The lowest BCUT2D eigenvalue weighted by molar-refractivity contribution is 0.512. The molecule has 1 aliphatic rings. The summed E-state index contributed by atoms with van der Waals surface area (Å²) in [6.07, 6.45) is 4.52. The second-order valence-electron chi connectivity index (χ2n) is 3.41. The minimum absolute atomic E-state index is 1.15. The SMILES string of the molecule is CN1[CH]CCC(c2ccccc2)=C1. The molecule has 0 saturated carbocycles. The van der Waals surface area contributed by atoms with E-state index in [0.29, 0.717) is 0 Å². The van der Waals surface area contributed by atoms with Crippen LogP contribution in [0.4, 0.5) is 0 Å². The fourth-order valence-electron chi connectivity index (χ4n) is 1.66. The first-order valence-corrected chi connectivity index (χ1v) is 4.67. The number of benzene rings is 1. The smallest absolute Gasteiger partial charge is 0.0487 e. The van der Waals surface area contributed by atoms with Gasteiger partial charge in [0.2, 0.25) is 0 Å². The highest BCUT2D eigenvalue weighted by atomic mass is 15.1. The van der Waals surface area contributed by atoms with Crippen LogP contribution in [-0.4, -0.2) is 11.9 Å². The van der Waals surface area contributed by atoms with E-state index in [9.17, 15) is 0 Å². The summed E-state index contributed by atoms with van der Waals surface area (Å²) in [6, 6.07) is 10.6. The van der Waals surface area contributed by atoms with Crippen LogP contribution in [0, 0.1) is 6.54 Å². The van der Waals surface area contributed by atoms with Crippen LogP contribution in [0.5, 0.6) is 0 Å². The van der Waals surface area contributed by atoms with Crippen LogP contribution in [0.2, 0.25) is 0 Å². The fourth-order valence-corrected chi connectivity index (χ4v) is 1.66. The Hall–Kier alpha value is -1.24. The van der Waals surface area contributed by atoms with Crippen molar-refractivity contribution in [3.63, 3.8) is 0 Å². The normalized spacial score (nSPS) is 17.0. The quantitative estimate of drug-likeness (QED) is 0.629. The summed E-state index contributed by atoms with van der Waals surface area (Å²) in [4.78, 5) is 2.14. The van der Waals surface area contributed by atoms with Crippen LogP contribution in [0.15, 0.2) is 36.5 Å². The highest BCUT2D eigenvalue weighted by Gasteiger charge is 2.08. The third-order valence-electron chi connectivity index (χ3n) is 2.33. The third-order valence-corrected chi connectivity index (χ3v) is 2.33. The van der Waals surface area contributed by atoms with E-state index in [0.717, 1.165) is 12.8 Å². The Morgan fingerprint density at radius 2 is 1.92 bits per heavy atom.